The summed E-state index contributed by atoms with van der Waals surface area (Å²) >= 11 is 12.1. The number of imidazole rings is 1. The third-order valence-electron chi connectivity index (χ3n) is 3.31. The maximum absolute atomic E-state index is 12.8. The normalized spacial score (nSPS) is 11.5. The second-order valence-corrected chi connectivity index (χ2v) is 5.70. The smallest absolute Gasteiger partial charge is 0.209 e. The summed E-state index contributed by atoms with van der Waals surface area (Å²) in [6.07, 6.45) is 6.65. The van der Waals surface area contributed by atoms with Crippen molar-refractivity contribution in [3.05, 3.63) is 88.4 Å². The van der Waals surface area contributed by atoms with Crippen molar-refractivity contribution in [3.8, 4) is 0 Å². The summed E-state index contributed by atoms with van der Waals surface area (Å²) in [5.74, 6) is -0.116. The molecule has 0 saturated heterocycles. The van der Waals surface area contributed by atoms with Gasteiger partial charge in [0.1, 0.15) is 0 Å². The Bertz CT molecular complexity index is 856. The van der Waals surface area contributed by atoms with E-state index in [1.54, 1.807) is 59.7 Å². The highest BCUT2D eigenvalue weighted by Crippen LogP contribution is 2.25. The average molecular weight is 343 g/mol. The summed E-state index contributed by atoms with van der Waals surface area (Å²) in [7, 11) is 0. The van der Waals surface area contributed by atoms with Crippen molar-refractivity contribution < 1.29 is 4.79 Å². The van der Waals surface area contributed by atoms with Gasteiger partial charge < -0.3 is 4.57 Å². The van der Waals surface area contributed by atoms with Gasteiger partial charge in [0.15, 0.2) is 0 Å². The molecule has 23 heavy (non-hydrogen) atoms. The van der Waals surface area contributed by atoms with Gasteiger partial charge >= 0.3 is 0 Å². The fourth-order valence-corrected chi connectivity index (χ4v) is 2.63. The van der Waals surface area contributed by atoms with Gasteiger partial charge in [0.25, 0.3) is 0 Å². The quantitative estimate of drug-likeness (QED) is 0.490. The Labute approximate surface area is 143 Å². The maximum Gasteiger partial charge on any atom is 0.209 e. The summed E-state index contributed by atoms with van der Waals surface area (Å²) in [6.45, 7) is 0. The number of benzene rings is 2. The molecule has 1 heterocycles. The minimum atomic E-state index is -0.116. The Morgan fingerprint density at radius 1 is 1.09 bits per heavy atom. The molecule has 0 amide bonds. The minimum absolute atomic E-state index is 0.116. The van der Waals surface area contributed by atoms with Crippen LogP contribution >= 0.6 is 23.2 Å². The molecule has 3 rings (SSSR count). The van der Waals surface area contributed by atoms with E-state index < -0.39 is 0 Å². The Balaban J connectivity index is 2.10. The molecule has 0 aliphatic carbocycles. The van der Waals surface area contributed by atoms with Gasteiger partial charge in [0, 0.05) is 28.0 Å². The van der Waals surface area contributed by atoms with Crippen LogP contribution in [0.4, 0.5) is 0 Å². The zero-order valence-electron chi connectivity index (χ0n) is 12.0. The molecule has 1 aromatic heterocycles. The zero-order valence-corrected chi connectivity index (χ0v) is 13.5. The number of ketones is 1. The summed E-state index contributed by atoms with van der Waals surface area (Å²) in [5, 5.41) is 1.03. The average Bonchev–Trinajstić information content (AvgIpc) is 3.08. The van der Waals surface area contributed by atoms with E-state index in [0.717, 1.165) is 0 Å². The fraction of sp³-hybridized carbons (Fsp3) is 0. The molecule has 0 fully saturated rings. The van der Waals surface area contributed by atoms with Crippen LogP contribution in [0, 0.1) is 0 Å². The molecular weight excluding hydrogens is 331 g/mol. The van der Waals surface area contributed by atoms with E-state index in [-0.39, 0.29) is 5.78 Å². The van der Waals surface area contributed by atoms with Crippen LogP contribution < -0.4 is 0 Å². The van der Waals surface area contributed by atoms with Crippen molar-refractivity contribution in [3.63, 3.8) is 0 Å². The van der Waals surface area contributed by atoms with Gasteiger partial charge in [-0.3, -0.25) is 4.79 Å². The lowest BCUT2D eigenvalue weighted by Gasteiger charge is -2.09. The second-order valence-electron chi connectivity index (χ2n) is 4.86. The van der Waals surface area contributed by atoms with Gasteiger partial charge in [0.2, 0.25) is 5.78 Å². The van der Waals surface area contributed by atoms with Crippen LogP contribution in [-0.4, -0.2) is 15.3 Å². The van der Waals surface area contributed by atoms with E-state index in [0.29, 0.717) is 26.9 Å². The Hall–Kier alpha value is -2.36. The highest BCUT2D eigenvalue weighted by atomic mass is 35.5. The molecule has 0 radical (unpaired) electrons. The first kappa shape index (κ1) is 15.5. The van der Waals surface area contributed by atoms with Crippen LogP contribution in [0.15, 0.2) is 67.3 Å². The maximum atomic E-state index is 12.8. The lowest BCUT2D eigenvalue weighted by atomic mass is 10.1. The van der Waals surface area contributed by atoms with Crippen LogP contribution in [0.3, 0.4) is 0 Å². The van der Waals surface area contributed by atoms with E-state index in [1.807, 2.05) is 18.2 Å². The highest BCUT2D eigenvalue weighted by Gasteiger charge is 2.14. The fourth-order valence-electron chi connectivity index (χ4n) is 2.16. The number of rotatable bonds is 4. The molecule has 0 bridgehead atoms. The van der Waals surface area contributed by atoms with E-state index >= 15 is 0 Å². The van der Waals surface area contributed by atoms with Crippen molar-refractivity contribution in [1.29, 1.82) is 0 Å². The van der Waals surface area contributed by atoms with Crippen LogP contribution in [-0.2, 0) is 0 Å². The van der Waals surface area contributed by atoms with Gasteiger partial charge in [-0.15, -0.1) is 0 Å². The largest absolute Gasteiger partial charge is 0.303 e. The first-order valence-corrected chi connectivity index (χ1v) is 7.65. The first-order chi connectivity index (χ1) is 11.1. The third kappa shape index (κ3) is 3.52. The number of Topliss-reactive ketones (excluding diaryl/α,β-unsaturated/α-hetero) is 1. The predicted molar refractivity (Wildman–Crippen MR) is 93.6 cm³/mol. The van der Waals surface area contributed by atoms with Crippen molar-refractivity contribution in [2.24, 2.45) is 0 Å². The first-order valence-electron chi connectivity index (χ1n) is 6.90. The molecule has 0 saturated carbocycles. The number of carbonyl (C=O) groups is 1. The summed E-state index contributed by atoms with van der Waals surface area (Å²) in [5.41, 5.74) is 1.76. The molecule has 0 aliphatic rings. The summed E-state index contributed by atoms with van der Waals surface area (Å²) in [4.78, 5) is 16.9. The Morgan fingerprint density at radius 3 is 2.52 bits per heavy atom. The molecular formula is C18H12Cl2N2O. The SMILES string of the molecule is O=C(/C(=C\c1ccc(Cl)cc1Cl)n1ccnc1)c1ccccc1. The van der Waals surface area contributed by atoms with Crippen molar-refractivity contribution in [1.82, 2.24) is 9.55 Å². The Kier molecular flexibility index (Phi) is 4.60. The molecule has 3 nitrogen and oxygen atoms in total. The highest BCUT2D eigenvalue weighted by molar-refractivity contribution is 6.36. The van der Waals surface area contributed by atoms with Gasteiger partial charge in [-0.05, 0) is 23.8 Å². The number of hydrogen-bond donors (Lipinski definition) is 0. The van der Waals surface area contributed by atoms with Gasteiger partial charge in [-0.1, -0.05) is 59.6 Å². The Morgan fingerprint density at radius 2 is 1.87 bits per heavy atom. The number of hydrogen-bond acceptors (Lipinski definition) is 2. The number of nitrogens with zero attached hydrogens (tertiary/aromatic N) is 2. The summed E-state index contributed by atoms with van der Waals surface area (Å²) in [6, 6.07) is 14.2. The molecule has 0 atom stereocenters. The minimum Gasteiger partial charge on any atom is -0.303 e. The molecule has 0 N–H and O–H groups in total. The van der Waals surface area contributed by atoms with E-state index in [2.05, 4.69) is 4.98 Å². The second kappa shape index (κ2) is 6.82. The van der Waals surface area contributed by atoms with Crippen LogP contribution in [0.25, 0.3) is 11.8 Å². The van der Waals surface area contributed by atoms with Crippen molar-refractivity contribution in [2.75, 3.05) is 0 Å². The van der Waals surface area contributed by atoms with E-state index in [9.17, 15) is 4.79 Å². The predicted octanol–water partition coefficient (Wildman–Crippen LogP) is 5.07. The summed E-state index contributed by atoms with van der Waals surface area (Å²) < 4.78 is 1.67. The van der Waals surface area contributed by atoms with Crippen LogP contribution in [0.2, 0.25) is 10.0 Å². The lowest BCUT2D eigenvalue weighted by Crippen LogP contribution is -2.08. The zero-order chi connectivity index (χ0) is 16.2. The molecule has 3 aromatic rings. The topological polar surface area (TPSA) is 34.9 Å². The van der Waals surface area contributed by atoms with E-state index in [1.165, 1.54) is 0 Å². The molecule has 114 valence electrons. The standard InChI is InChI=1S/C18H12Cl2N2O/c19-15-7-6-14(16(20)11-15)10-17(22-9-8-21-12-22)18(23)13-4-2-1-3-5-13/h1-12H/b17-10+. The van der Waals surface area contributed by atoms with Gasteiger partial charge in [-0.25, -0.2) is 4.98 Å². The number of carbonyl (C=O) groups excluding carboxylic acids is 1. The molecule has 0 aliphatic heterocycles. The number of aromatic nitrogens is 2. The van der Waals surface area contributed by atoms with Crippen molar-refractivity contribution >= 4 is 40.8 Å². The van der Waals surface area contributed by atoms with Gasteiger partial charge in [0.05, 0.1) is 12.0 Å². The number of allylic oxidation sites excluding steroid dienone is 1. The lowest BCUT2D eigenvalue weighted by molar-refractivity contribution is 0.105. The molecule has 5 heteroatoms. The monoisotopic (exact) mass is 342 g/mol. The van der Waals surface area contributed by atoms with Crippen molar-refractivity contribution in [2.45, 2.75) is 0 Å². The molecule has 2 aromatic carbocycles. The molecule has 0 unspecified atom stereocenters. The third-order valence-corrected chi connectivity index (χ3v) is 3.87. The van der Waals surface area contributed by atoms with Crippen LogP contribution in [0.5, 0.6) is 0 Å². The number of halogens is 2. The van der Waals surface area contributed by atoms with E-state index in [4.69, 9.17) is 23.2 Å². The van der Waals surface area contributed by atoms with Gasteiger partial charge in [-0.2, -0.15) is 0 Å². The molecule has 0 spiro atoms. The van der Waals surface area contributed by atoms with Crippen LogP contribution in [0.1, 0.15) is 15.9 Å².